The maximum absolute atomic E-state index is 13.6. The van der Waals surface area contributed by atoms with E-state index in [-0.39, 0.29) is 23.2 Å². The van der Waals surface area contributed by atoms with Gasteiger partial charge in [-0.2, -0.15) is 0 Å². The molecule has 1 aromatic heterocycles. The lowest BCUT2D eigenvalue weighted by Crippen LogP contribution is -2.36. The summed E-state index contributed by atoms with van der Waals surface area (Å²) in [6.07, 6.45) is 2.65. The fourth-order valence-electron chi connectivity index (χ4n) is 4.80. The van der Waals surface area contributed by atoms with Crippen LogP contribution in [0, 0.1) is 0 Å². The van der Waals surface area contributed by atoms with Gasteiger partial charge in [0.05, 0.1) is 36.3 Å². The number of benzene rings is 2. The maximum Gasteiger partial charge on any atom is 0.291 e. The Morgan fingerprint density at radius 3 is 2.68 bits per heavy atom. The van der Waals surface area contributed by atoms with Gasteiger partial charge in [0.25, 0.3) is 5.91 Å². The third-order valence-corrected chi connectivity index (χ3v) is 6.34. The minimum Gasteiger partial charge on any atom is -0.490 e. The topological polar surface area (TPSA) is 78.2 Å². The molecule has 34 heavy (non-hydrogen) atoms. The molecule has 0 spiro atoms. The summed E-state index contributed by atoms with van der Waals surface area (Å²) in [4.78, 5) is 28.9. The Labute approximate surface area is 198 Å². The smallest absolute Gasteiger partial charge is 0.291 e. The summed E-state index contributed by atoms with van der Waals surface area (Å²) in [6.45, 7) is 6.08. The van der Waals surface area contributed by atoms with Crippen molar-refractivity contribution in [3.05, 3.63) is 69.6 Å². The van der Waals surface area contributed by atoms with Gasteiger partial charge in [-0.1, -0.05) is 25.1 Å². The highest BCUT2D eigenvalue weighted by Gasteiger charge is 2.44. The molecule has 7 heteroatoms. The van der Waals surface area contributed by atoms with Crippen LogP contribution in [0.15, 0.2) is 51.7 Å². The molecule has 3 aromatic rings. The SMILES string of the molecule is CCCOc1ccc([C@@H]2c3c(oc4ccccc4c3=O)C(=O)N2C[C@@H]2CCCO2)cc1OCC. The highest BCUT2D eigenvalue weighted by Crippen LogP contribution is 2.41. The minimum atomic E-state index is -0.591. The zero-order chi connectivity index (χ0) is 23.7. The van der Waals surface area contributed by atoms with E-state index in [1.807, 2.05) is 32.0 Å². The number of hydrogen-bond acceptors (Lipinski definition) is 6. The van der Waals surface area contributed by atoms with Crippen molar-refractivity contribution in [3.63, 3.8) is 0 Å². The molecule has 0 unspecified atom stereocenters. The van der Waals surface area contributed by atoms with Gasteiger partial charge in [0, 0.05) is 13.2 Å². The van der Waals surface area contributed by atoms with E-state index in [9.17, 15) is 9.59 Å². The van der Waals surface area contributed by atoms with Gasteiger partial charge in [-0.05, 0) is 56.0 Å². The molecule has 3 heterocycles. The quantitative estimate of drug-likeness (QED) is 0.482. The van der Waals surface area contributed by atoms with Gasteiger partial charge >= 0.3 is 0 Å². The normalized spacial score (nSPS) is 19.6. The van der Waals surface area contributed by atoms with Crippen molar-refractivity contribution in [3.8, 4) is 11.5 Å². The number of para-hydroxylation sites is 1. The molecule has 5 rings (SSSR count). The first-order valence-electron chi connectivity index (χ1n) is 12.0. The molecule has 0 N–H and O–H groups in total. The van der Waals surface area contributed by atoms with Crippen LogP contribution in [-0.4, -0.2) is 43.3 Å². The van der Waals surface area contributed by atoms with Crippen molar-refractivity contribution in [2.45, 2.75) is 45.3 Å². The number of hydrogen-bond donors (Lipinski definition) is 0. The van der Waals surface area contributed by atoms with Crippen molar-refractivity contribution in [1.29, 1.82) is 0 Å². The van der Waals surface area contributed by atoms with E-state index in [0.717, 1.165) is 24.8 Å². The van der Waals surface area contributed by atoms with Crippen LogP contribution in [0.5, 0.6) is 11.5 Å². The third-order valence-electron chi connectivity index (χ3n) is 6.34. The maximum atomic E-state index is 13.6. The Hall–Kier alpha value is -3.32. The zero-order valence-corrected chi connectivity index (χ0v) is 19.5. The first kappa shape index (κ1) is 22.5. The molecule has 178 valence electrons. The number of rotatable bonds is 8. The second-order valence-electron chi connectivity index (χ2n) is 8.65. The average Bonchev–Trinajstić information content (AvgIpc) is 3.46. The van der Waals surface area contributed by atoms with E-state index in [4.69, 9.17) is 18.6 Å². The lowest BCUT2D eigenvalue weighted by atomic mass is 9.97. The Kier molecular flexibility index (Phi) is 6.28. The second kappa shape index (κ2) is 9.50. The fraction of sp³-hybridized carbons (Fsp3) is 0.407. The molecule has 2 aromatic carbocycles. The van der Waals surface area contributed by atoms with Crippen LogP contribution in [0.1, 0.15) is 60.8 Å². The van der Waals surface area contributed by atoms with Crippen molar-refractivity contribution >= 4 is 16.9 Å². The summed E-state index contributed by atoms with van der Waals surface area (Å²) in [5, 5.41) is 0.464. The molecule has 7 nitrogen and oxygen atoms in total. The van der Waals surface area contributed by atoms with E-state index >= 15 is 0 Å². The molecule has 1 saturated heterocycles. The van der Waals surface area contributed by atoms with Crippen molar-refractivity contribution in [2.75, 3.05) is 26.4 Å². The summed E-state index contributed by atoms with van der Waals surface area (Å²) in [5.41, 5.74) is 1.37. The monoisotopic (exact) mass is 463 g/mol. The number of carbonyl (C=O) groups is 1. The van der Waals surface area contributed by atoms with Gasteiger partial charge < -0.3 is 23.5 Å². The molecule has 0 saturated carbocycles. The van der Waals surface area contributed by atoms with Crippen LogP contribution >= 0.6 is 0 Å². The van der Waals surface area contributed by atoms with Crippen molar-refractivity contribution in [2.24, 2.45) is 0 Å². The Morgan fingerprint density at radius 1 is 1.06 bits per heavy atom. The minimum absolute atomic E-state index is 0.0659. The molecule has 0 radical (unpaired) electrons. The second-order valence-corrected chi connectivity index (χ2v) is 8.65. The summed E-state index contributed by atoms with van der Waals surface area (Å²) in [5.74, 6) is 1.06. The number of nitrogens with zero attached hydrogens (tertiary/aromatic N) is 1. The predicted octanol–water partition coefficient (Wildman–Crippen LogP) is 4.70. The average molecular weight is 464 g/mol. The summed E-state index contributed by atoms with van der Waals surface area (Å²) in [6, 6.07) is 12.1. The van der Waals surface area contributed by atoms with Crippen LogP contribution in [0.25, 0.3) is 11.0 Å². The lowest BCUT2D eigenvalue weighted by Gasteiger charge is -2.28. The first-order valence-corrected chi connectivity index (χ1v) is 12.0. The third kappa shape index (κ3) is 3.94. The number of fused-ring (bicyclic) bond motifs is 2. The van der Waals surface area contributed by atoms with Gasteiger partial charge in [-0.15, -0.1) is 0 Å². The molecule has 2 aliphatic heterocycles. The molecular weight excluding hydrogens is 434 g/mol. The van der Waals surface area contributed by atoms with Crippen LogP contribution < -0.4 is 14.9 Å². The Balaban J connectivity index is 1.65. The van der Waals surface area contributed by atoms with E-state index in [0.29, 0.717) is 54.4 Å². The number of carbonyl (C=O) groups excluding carboxylic acids is 1. The van der Waals surface area contributed by atoms with Crippen LogP contribution in [-0.2, 0) is 4.74 Å². The Morgan fingerprint density at radius 2 is 1.91 bits per heavy atom. The van der Waals surface area contributed by atoms with E-state index < -0.39 is 6.04 Å². The number of ether oxygens (including phenoxy) is 3. The molecule has 1 amide bonds. The number of amides is 1. The molecule has 2 atom stereocenters. The summed E-state index contributed by atoms with van der Waals surface area (Å²) < 4.78 is 23.6. The predicted molar refractivity (Wildman–Crippen MR) is 128 cm³/mol. The molecular formula is C27H29NO6. The first-order chi connectivity index (χ1) is 16.6. The van der Waals surface area contributed by atoms with Gasteiger partial charge in [0.2, 0.25) is 5.76 Å². The standard InChI is InChI=1S/C27H29NO6/c1-3-13-33-21-12-11-17(15-22(21)31-4-2)24-23-25(29)19-9-5-6-10-20(19)34-26(23)27(30)28(24)16-18-8-7-14-32-18/h5-6,9-12,15,18,24H,3-4,7-8,13-14,16H2,1-2H3/t18-,24+/m0/s1. The lowest BCUT2D eigenvalue weighted by molar-refractivity contribution is 0.0486. The molecule has 2 aliphatic rings. The van der Waals surface area contributed by atoms with Gasteiger partial charge in [-0.25, -0.2) is 0 Å². The Bertz CT molecular complexity index is 1260. The summed E-state index contributed by atoms with van der Waals surface area (Å²) in [7, 11) is 0. The van der Waals surface area contributed by atoms with Crippen LogP contribution in [0.3, 0.4) is 0 Å². The molecule has 0 aliphatic carbocycles. The van der Waals surface area contributed by atoms with E-state index in [1.165, 1.54) is 0 Å². The van der Waals surface area contributed by atoms with Crippen molar-refractivity contribution in [1.82, 2.24) is 4.90 Å². The van der Waals surface area contributed by atoms with Crippen molar-refractivity contribution < 1.29 is 23.4 Å². The van der Waals surface area contributed by atoms with Gasteiger partial charge in [-0.3, -0.25) is 9.59 Å². The van der Waals surface area contributed by atoms with Crippen LogP contribution in [0.4, 0.5) is 0 Å². The zero-order valence-electron chi connectivity index (χ0n) is 19.5. The summed E-state index contributed by atoms with van der Waals surface area (Å²) >= 11 is 0. The molecule has 1 fully saturated rings. The largest absolute Gasteiger partial charge is 0.490 e. The highest BCUT2D eigenvalue weighted by atomic mass is 16.5. The van der Waals surface area contributed by atoms with E-state index in [2.05, 4.69) is 0 Å². The van der Waals surface area contributed by atoms with E-state index in [1.54, 1.807) is 29.2 Å². The fourth-order valence-corrected chi connectivity index (χ4v) is 4.80. The highest BCUT2D eigenvalue weighted by molar-refractivity contribution is 5.99. The van der Waals surface area contributed by atoms with Crippen LogP contribution in [0.2, 0.25) is 0 Å². The molecule has 0 bridgehead atoms. The van der Waals surface area contributed by atoms with Gasteiger partial charge in [0.1, 0.15) is 5.58 Å². The van der Waals surface area contributed by atoms with Gasteiger partial charge in [0.15, 0.2) is 16.9 Å².